The maximum atomic E-state index is 12.2. The first-order valence-corrected chi connectivity index (χ1v) is 9.73. The lowest BCUT2D eigenvalue weighted by molar-refractivity contribution is -0.118. The minimum atomic E-state index is -0.121. The van der Waals surface area contributed by atoms with Gasteiger partial charge in [0.2, 0.25) is 0 Å². The number of thioether (sulfide) groups is 1. The number of hydrazone groups is 1. The van der Waals surface area contributed by atoms with Crippen LogP contribution in [0.5, 0.6) is 0 Å². The molecule has 0 saturated heterocycles. The maximum Gasteiger partial charge on any atom is 0.257 e. The highest BCUT2D eigenvalue weighted by atomic mass is 32.2. The molecular formula is C19H23N3O2S. The number of hydrogen-bond acceptors (Lipinski definition) is 5. The third-order valence-electron chi connectivity index (χ3n) is 6.43. The van der Waals surface area contributed by atoms with Crippen LogP contribution < -0.4 is 5.43 Å². The van der Waals surface area contributed by atoms with Crippen molar-refractivity contribution < 1.29 is 9.21 Å². The zero-order chi connectivity index (χ0) is 17.7. The van der Waals surface area contributed by atoms with Gasteiger partial charge in [-0.2, -0.15) is 5.10 Å². The Morgan fingerprint density at radius 3 is 2.88 bits per heavy atom. The van der Waals surface area contributed by atoms with Crippen LogP contribution in [0.1, 0.15) is 40.0 Å². The minimum absolute atomic E-state index is 0.110. The number of para-hydroxylation sites is 2. The molecule has 1 aromatic carbocycles. The first kappa shape index (κ1) is 16.6. The number of fused-ring (bicyclic) bond motifs is 3. The smallest absolute Gasteiger partial charge is 0.257 e. The van der Waals surface area contributed by atoms with Crippen molar-refractivity contribution in [1.29, 1.82) is 0 Å². The van der Waals surface area contributed by atoms with Gasteiger partial charge in [0.05, 0.1) is 5.75 Å². The van der Waals surface area contributed by atoms with Gasteiger partial charge in [0.25, 0.3) is 11.1 Å². The molecular weight excluding hydrogens is 334 g/mol. The molecule has 132 valence electrons. The van der Waals surface area contributed by atoms with Gasteiger partial charge in [-0.15, -0.1) is 0 Å². The number of carbonyl (C=O) groups is 1. The molecule has 2 aliphatic carbocycles. The zero-order valence-electron chi connectivity index (χ0n) is 14.8. The average molecular weight is 357 g/mol. The summed E-state index contributed by atoms with van der Waals surface area (Å²) in [6, 6.07) is 7.59. The van der Waals surface area contributed by atoms with E-state index >= 15 is 0 Å². The molecule has 0 aliphatic heterocycles. The average Bonchev–Trinajstić information content (AvgIpc) is 3.16. The molecule has 2 bridgehead atoms. The lowest BCUT2D eigenvalue weighted by atomic mass is 9.70. The van der Waals surface area contributed by atoms with Crippen LogP contribution in [0.25, 0.3) is 11.1 Å². The first-order chi connectivity index (χ1) is 11.9. The number of amides is 1. The van der Waals surface area contributed by atoms with Gasteiger partial charge in [-0.3, -0.25) is 4.79 Å². The third-order valence-corrected chi connectivity index (χ3v) is 7.26. The molecule has 2 saturated carbocycles. The van der Waals surface area contributed by atoms with Gasteiger partial charge in [-0.05, 0) is 42.7 Å². The molecule has 1 N–H and O–H groups in total. The van der Waals surface area contributed by atoms with Crippen LogP contribution >= 0.6 is 11.8 Å². The number of nitrogens with one attached hydrogen (secondary N) is 1. The van der Waals surface area contributed by atoms with Gasteiger partial charge in [0.1, 0.15) is 5.52 Å². The third kappa shape index (κ3) is 2.67. The first-order valence-electron chi connectivity index (χ1n) is 8.74. The molecule has 2 atom stereocenters. The molecule has 2 aromatic rings. The van der Waals surface area contributed by atoms with Crippen molar-refractivity contribution in [3.05, 3.63) is 24.3 Å². The van der Waals surface area contributed by atoms with Gasteiger partial charge >= 0.3 is 0 Å². The van der Waals surface area contributed by atoms with Crippen LogP contribution in [0, 0.1) is 16.7 Å². The fraction of sp³-hybridized carbons (Fsp3) is 0.526. The Bertz CT molecular complexity index is 824. The van der Waals surface area contributed by atoms with E-state index in [0.717, 1.165) is 29.7 Å². The van der Waals surface area contributed by atoms with Crippen LogP contribution in [0.4, 0.5) is 0 Å². The van der Waals surface area contributed by atoms with Crippen molar-refractivity contribution in [2.45, 2.75) is 45.3 Å². The Hall–Kier alpha value is -1.82. The minimum Gasteiger partial charge on any atom is -0.431 e. The number of benzene rings is 1. The second-order valence-corrected chi connectivity index (χ2v) is 8.75. The summed E-state index contributed by atoms with van der Waals surface area (Å²) < 4.78 is 5.62. The Labute approximate surface area is 151 Å². The number of rotatable bonds is 4. The monoisotopic (exact) mass is 357 g/mol. The van der Waals surface area contributed by atoms with Crippen molar-refractivity contribution in [1.82, 2.24) is 10.4 Å². The molecule has 4 rings (SSSR count). The summed E-state index contributed by atoms with van der Waals surface area (Å²) in [5.41, 5.74) is 5.81. The predicted octanol–water partition coefficient (Wildman–Crippen LogP) is 4.24. The molecule has 1 aromatic heterocycles. The predicted molar refractivity (Wildman–Crippen MR) is 99.5 cm³/mol. The number of hydrogen-bond donors (Lipinski definition) is 1. The Balaban J connectivity index is 1.37. The van der Waals surface area contributed by atoms with Crippen LogP contribution in [-0.2, 0) is 4.79 Å². The number of aromatic nitrogens is 1. The number of nitrogens with zero attached hydrogens (tertiary/aromatic N) is 2. The van der Waals surface area contributed by atoms with Crippen molar-refractivity contribution in [2.75, 3.05) is 5.75 Å². The van der Waals surface area contributed by atoms with E-state index in [1.807, 2.05) is 24.3 Å². The van der Waals surface area contributed by atoms with E-state index in [2.05, 4.69) is 36.3 Å². The fourth-order valence-electron chi connectivity index (χ4n) is 4.30. The SMILES string of the molecule is CC1(C)[C@H]2CC[C@]1(C)/C(=N/NC(=O)CSc1nc3ccccc3o1)C2. The van der Waals surface area contributed by atoms with E-state index in [1.165, 1.54) is 18.2 Å². The van der Waals surface area contributed by atoms with E-state index in [9.17, 15) is 4.79 Å². The molecule has 2 aliphatic rings. The summed E-state index contributed by atoms with van der Waals surface area (Å²) in [4.78, 5) is 16.5. The van der Waals surface area contributed by atoms with Gasteiger partial charge in [-0.25, -0.2) is 10.4 Å². The molecule has 6 heteroatoms. The summed E-state index contributed by atoms with van der Waals surface area (Å²) in [6.45, 7) is 6.95. The molecule has 0 radical (unpaired) electrons. The van der Waals surface area contributed by atoms with Crippen LogP contribution in [0.2, 0.25) is 0 Å². The topological polar surface area (TPSA) is 67.5 Å². The van der Waals surface area contributed by atoms with Crippen molar-refractivity contribution in [2.24, 2.45) is 21.8 Å². The highest BCUT2D eigenvalue weighted by molar-refractivity contribution is 7.99. The van der Waals surface area contributed by atoms with Gasteiger partial charge in [-0.1, -0.05) is 44.7 Å². The zero-order valence-corrected chi connectivity index (χ0v) is 15.7. The second-order valence-electron chi connectivity index (χ2n) is 7.82. The van der Waals surface area contributed by atoms with E-state index < -0.39 is 0 Å². The summed E-state index contributed by atoms with van der Waals surface area (Å²) in [5, 5.41) is 4.99. The number of oxazole rings is 1. The Kier molecular flexibility index (Phi) is 3.90. The van der Waals surface area contributed by atoms with Crippen LogP contribution in [0.3, 0.4) is 0 Å². The number of carbonyl (C=O) groups excluding carboxylic acids is 1. The van der Waals surface area contributed by atoms with Crippen molar-refractivity contribution in [3.63, 3.8) is 0 Å². The lowest BCUT2D eigenvalue weighted by Gasteiger charge is -2.34. The van der Waals surface area contributed by atoms with E-state index in [4.69, 9.17) is 4.42 Å². The largest absolute Gasteiger partial charge is 0.431 e. The van der Waals surface area contributed by atoms with E-state index in [-0.39, 0.29) is 22.5 Å². The Morgan fingerprint density at radius 2 is 2.20 bits per heavy atom. The van der Waals surface area contributed by atoms with Crippen molar-refractivity contribution >= 4 is 34.5 Å². The molecule has 0 spiro atoms. The summed E-state index contributed by atoms with van der Waals surface area (Å²) >= 11 is 1.29. The van der Waals surface area contributed by atoms with Gasteiger partial charge in [0.15, 0.2) is 5.58 Å². The highest BCUT2D eigenvalue weighted by Crippen LogP contribution is 2.63. The molecule has 25 heavy (non-hydrogen) atoms. The molecule has 2 fully saturated rings. The molecule has 5 nitrogen and oxygen atoms in total. The second kappa shape index (κ2) is 5.87. The van der Waals surface area contributed by atoms with Crippen LogP contribution in [-0.4, -0.2) is 22.4 Å². The van der Waals surface area contributed by atoms with Gasteiger partial charge in [0, 0.05) is 11.1 Å². The van der Waals surface area contributed by atoms with E-state index in [1.54, 1.807) is 0 Å². The molecule has 1 amide bonds. The summed E-state index contributed by atoms with van der Waals surface area (Å²) in [5.74, 6) is 0.804. The standard InChI is InChI=1S/C19H23N3O2S/c1-18(2)12-8-9-19(18,3)15(10-12)21-22-16(23)11-25-17-20-13-6-4-5-7-14(13)24-17/h4-7,12H,8-11H2,1-3H3,(H,22,23)/b21-15+/t12-,19+/m0/s1. The fourth-order valence-corrected chi connectivity index (χ4v) is 4.93. The Morgan fingerprint density at radius 1 is 1.40 bits per heavy atom. The highest BCUT2D eigenvalue weighted by Gasteiger charge is 2.59. The summed E-state index contributed by atoms with van der Waals surface area (Å²) in [7, 11) is 0. The quantitative estimate of drug-likeness (QED) is 0.656. The summed E-state index contributed by atoms with van der Waals surface area (Å²) in [6.07, 6.45) is 3.43. The maximum absolute atomic E-state index is 12.2. The van der Waals surface area contributed by atoms with E-state index in [0.29, 0.717) is 11.1 Å². The van der Waals surface area contributed by atoms with Crippen molar-refractivity contribution in [3.8, 4) is 0 Å². The van der Waals surface area contributed by atoms with Crippen LogP contribution in [0.15, 0.2) is 39.0 Å². The lowest BCUT2D eigenvalue weighted by Crippen LogP contribution is -2.34. The molecule has 1 heterocycles. The normalized spacial score (nSPS) is 28.8. The van der Waals surface area contributed by atoms with Gasteiger partial charge < -0.3 is 4.42 Å². The molecule has 0 unspecified atom stereocenters.